The van der Waals surface area contributed by atoms with Crippen molar-refractivity contribution in [3.8, 4) is 0 Å². The number of benzene rings is 2. The average Bonchev–Trinajstić information content (AvgIpc) is 2.75. The van der Waals surface area contributed by atoms with Gasteiger partial charge in [-0.3, -0.25) is 4.99 Å². The van der Waals surface area contributed by atoms with E-state index in [1.54, 1.807) is 0 Å². The SMILES string of the molecule is C=N/C(=C1/CCN(c2cccc3cccc(C)c23)CC1=NCCC)N1CC2(CC(N)C2)C1. The minimum absolute atomic E-state index is 0.388. The van der Waals surface area contributed by atoms with Crippen molar-refractivity contribution >= 4 is 28.9 Å². The third-order valence-corrected chi connectivity index (χ3v) is 7.44. The van der Waals surface area contributed by atoms with Gasteiger partial charge < -0.3 is 15.5 Å². The normalized spacial score (nSPS) is 23.4. The zero-order valence-corrected chi connectivity index (χ0v) is 19.5. The zero-order valence-electron chi connectivity index (χ0n) is 19.5. The van der Waals surface area contributed by atoms with Crippen LogP contribution in [0.3, 0.4) is 0 Å². The first-order chi connectivity index (χ1) is 15.5. The third-order valence-electron chi connectivity index (χ3n) is 7.44. The molecule has 2 aromatic carbocycles. The number of piperidine rings is 1. The molecule has 0 aromatic heterocycles. The van der Waals surface area contributed by atoms with Gasteiger partial charge in [-0.05, 0) is 56.3 Å². The summed E-state index contributed by atoms with van der Waals surface area (Å²) in [5, 5.41) is 2.65. The van der Waals surface area contributed by atoms with E-state index in [1.807, 2.05) is 0 Å². The van der Waals surface area contributed by atoms with Crippen LogP contribution < -0.4 is 10.6 Å². The fourth-order valence-corrected chi connectivity index (χ4v) is 5.96. The van der Waals surface area contributed by atoms with Gasteiger partial charge in [0.1, 0.15) is 5.82 Å². The lowest BCUT2D eigenvalue weighted by Crippen LogP contribution is -2.64. The van der Waals surface area contributed by atoms with E-state index in [4.69, 9.17) is 10.7 Å². The topological polar surface area (TPSA) is 57.2 Å². The Labute approximate surface area is 191 Å². The van der Waals surface area contributed by atoms with E-state index in [2.05, 4.69) is 71.8 Å². The molecule has 168 valence electrons. The first kappa shape index (κ1) is 21.2. The highest BCUT2D eigenvalue weighted by Crippen LogP contribution is 2.49. The van der Waals surface area contributed by atoms with Gasteiger partial charge in [-0.15, -0.1) is 0 Å². The molecule has 0 unspecified atom stereocenters. The van der Waals surface area contributed by atoms with Gasteiger partial charge in [0.05, 0.1) is 12.3 Å². The number of anilines is 1. The summed E-state index contributed by atoms with van der Waals surface area (Å²) in [6, 6.07) is 13.6. The van der Waals surface area contributed by atoms with Gasteiger partial charge in [0, 0.05) is 54.3 Å². The van der Waals surface area contributed by atoms with E-state index in [9.17, 15) is 0 Å². The molecule has 5 heteroatoms. The summed E-state index contributed by atoms with van der Waals surface area (Å²) in [5.74, 6) is 1.06. The maximum atomic E-state index is 6.07. The lowest BCUT2D eigenvalue weighted by atomic mass is 9.61. The fraction of sp³-hybridized carbons (Fsp3) is 0.481. The molecule has 3 fully saturated rings. The molecular formula is C27H35N5. The van der Waals surface area contributed by atoms with Crippen molar-refractivity contribution in [3.05, 3.63) is 53.4 Å². The lowest BCUT2D eigenvalue weighted by molar-refractivity contribution is -0.0520. The van der Waals surface area contributed by atoms with Crippen LogP contribution in [0.1, 0.15) is 38.2 Å². The van der Waals surface area contributed by atoms with E-state index in [0.29, 0.717) is 11.5 Å². The summed E-state index contributed by atoms with van der Waals surface area (Å²) in [6.45, 7) is 13.1. The Bertz CT molecular complexity index is 1080. The van der Waals surface area contributed by atoms with E-state index < -0.39 is 0 Å². The van der Waals surface area contributed by atoms with Crippen molar-refractivity contribution in [2.24, 2.45) is 21.1 Å². The minimum Gasteiger partial charge on any atom is -0.365 e. The summed E-state index contributed by atoms with van der Waals surface area (Å²) in [5.41, 5.74) is 11.6. The number of rotatable bonds is 5. The highest BCUT2D eigenvalue weighted by Gasteiger charge is 2.52. The summed E-state index contributed by atoms with van der Waals surface area (Å²) in [7, 11) is 0. The molecule has 3 aliphatic rings. The quantitative estimate of drug-likeness (QED) is 0.710. The van der Waals surface area contributed by atoms with Crippen LogP contribution in [0.4, 0.5) is 5.69 Å². The molecule has 5 rings (SSSR count). The summed E-state index contributed by atoms with van der Waals surface area (Å²) in [4.78, 5) is 14.5. The number of nitrogens with two attached hydrogens (primary N) is 1. The molecule has 0 bridgehead atoms. The highest BCUT2D eigenvalue weighted by molar-refractivity contribution is 6.06. The van der Waals surface area contributed by atoms with E-state index in [-0.39, 0.29) is 0 Å². The summed E-state index contributed by atoms with van der Waals surface area (Å²) in [6.07, 6.45) is 4.29. The third kappa shape index (κ3) is 3.62. The minimum atomic E-state index is 0.388. The molecule has 0 atom stereocenters. The van der Waals surface area contributed by atoms with Crippen LogP contribution in [0.15, 0.2) is 57.8 Å². The Hall–Kier alpha value is -2.66. The fourth-order valence-electron chi connectivity index (χ4n) is 5.96. The lowest BCUT2D eigenvalue weighted by Gasteiger charge is -2.59. The Balaban J connectivity index is 1.45. The average molecular weight is 430 g/mol. The molecule has 0 amide bonds. The van der Waals surface area contributed by atoms with E-state index >= 15 is 0 Å². The molecular weight excluding hydrogens is 394 g/mol. The van der Waals surface area contributed by atoms with Crippen LogP contribution in [0.2, 0.25) is 0 Å². The van der Waals surface area contributed by atoms with Crippen LogP contribution >= 0.6 is 0 Å². The number of aliphatic imine (C=N–C) groups is 2. The molecule has 5 nitrogen and oxygen atoms in total. The van der Waals surface area contributed by atoms with Crippen LogP contribution in [-0.4, -0.2) is 56.1 Å². The van der Waals surface area contributed by atoms with E-state index in [1.165, 1.54) is 33.3 Å². The van der Waals surface area contributed by atoms with Gasteiger partial charge in [0.15, 0.2) is 0 Å². The molecule has 2 heterocycles. The maximum Gasteiger partial charge on any atom is 0.132 e. The second-order valence-electron chi connectivity index (χ2n) is 9.93. The monoisotopic (exact) mass is 429 g/mol. The van der Waals surface area contributed by atoms with Crippen molar-refractivity contribution in [2.45, 2.75) is 45.6 Å². The second-order valence-corrected chi connectivity index (χ2v) is 9.93. The zero-order chi connectivity index (χ0) is 22.3. The summed E-state index contributed by atoms with van der Waals surface area (Å²) < 4.78 is 0. The molecule has 1 spiro atoms. The van der Waals surface area contributed by atoms with Crippen LogP contribution in [0.25, 0.3) is 10.8 Å². The van der Waals surface area contributed by atoms with Crippen molar-refractivity contribution in [3.63, 3.8) is 0 Å². The van der Waals surface area contributed by atoms with Crippen molar-refractivity contribution in [1.82, 2.24) is 4.90 Å². The van der Waals surface area contributed by atoms with Gasteiger partial charge >= 0.3 is 0 Å². The molecule has 2 saturated heterocycles. The first-order valence-electron chi connectivity index (χ1n) is 12.0. The van der Waals surface area contributed by atoms with E-state index in [0.717, 1.165) is 64.2 Å². The number of nitrogens with zero attached hydrogens (tertiary/aromatic N) is 4. The number of hydrogen-bond donors (Lipinski definition) is 1. The maximum absolute atomic E-state index is 6.07. The molecule has 32 heavy (non-hydrogen) atoms. The Kier molecular flexibility index (Phi) is 5.54. The van der Waals surface area contributed by atoms with Crippen molar-refractivity contribution in [1.29, 1.82) is 0 Å². The number of hydrogen-bond acceptors (Lipinski definition) is 5. The number of aryl methyl sites for hydroxylation is 1. The largest absolute Gasteiger partial charge is 0.365 e. The Morgan fingerprint density at radius 1 is 1.19 bits per heavy atom. The van der Waals surface area contributed by atoms with Crippen molar-refractivity contribution < 1.29 is 0 Å². The molecule has 2 aromatic rings. The molecule has 1 saturated carbocycles. The standard InChI is InChI=1S/C27H35N5/c1-4-12-30-23-16-31(24-10-6-9-20-8-5-7-19(2)25(20)24)13-11-22(23)26(29-3)32-17-27(18-32)14-21(28)15-27/h5-10,21H,3-4,11-18,28H2,1-2H3/b26-22+,30-23?. The highest BCUT2D eigenvalue weighted by atomic mass is 15.3. The Morgan fingerprint density at radius 2 is 1.94 bits per heavy atom. The van der Waals surface area contributed by atoms with Gasteiger partial charge in [0.2, 0.25) is 0 Å². The molecule has 0 radical (unpaired) electrons. The summed E-state index contributed by atoms with van der Waals surface area (Å²) >= 11 is 0. The Morgan fingerprint density at radius 3 is 2.62 bits per heavy atom. The molecule has 2 N–H and O–H groups in total. The molecule has 2 aliphatic heterocycles. The second kappa shape index (κ2) is 8.36. The van der Waals surface area contributed by atoms with Gasteiger partial charge in [0.25, 0.3) is 0 Å². The predicted octanol–water partition coefficient (Wildman–Crippen LogP) is 4.54. The van der Waals surface area contributed by atoms with Crippen LogP contribution in [0, 0.1) is 12.3 Å². The number of likely N-dealkylation sites (tertiary alicyclic amines) is 1. The number of fused-ring (bicyclic) bond motifs is 1. The van der Waals surface area contributed by atoms with Crippen molar-refractivity contribution in [2.75, 3.05) is 37.6 Å². The predicted molar refractivity (Wildman–Crippen MR) is 136 cm³/mol. The van der Waals surface area contributed by atoms with Gasteiger partial charge in [-0.25, -0.2) is 4.99 Å². The first-order valence-corrected chi connectivity index (χ1v) is 12.0. The van der Waals surface area contributed by atoms with Gasteiger partial charge in [-0.2, -0.15) is 0 Å². The van der Waals surface area contributed by atoms with Crippen LogP contribution in [0.5, 0.6) is 0 Å². The smallest absolute Gasteiger partial charge is 0.132 e. The van der Waals surface area contributed by atoms with Crippen LogP contribution in [-0.2, 0) is 0 Å². The van der Waals surface area contributed by atoms with Gasteiger partial charge in [-0.1, -0.05) is 37.3 Å². The molecule has 1 aliphatic carbocycles.